The lowest BCUT2D eigenvalue weighted by atomic mass is 10.2. The van der Waals surface area contributed by atoms with Gasteiger partial charge in [-0.2, -0.15) is 0 Å². The summed E-state index contributed by atoms with van der Waals surface area (Å²) in [4.78, 5) is 16.8. The summed E-state index contributed by atoms with van der Waals surface area (Å²) >= 11 is 1.38. The van der Waals surface area contributed by atoms with E-state index in [1.165, 1.54) is 11.3 Å². The van der Waals surface area contributed by atoms with Crippen LogP contribution in [0.5, 0.6) is 0 Å². The fraction of sp³-hybridized carbons (Fsp3) is 0.636. The molecule has 1 aromatic rings. The number of amides is 1. The third-order valence-corrected chi connectivity index (χ3v) is 3.90. The summed E-state index contributed by atoms with van der Waals surface area (Å²) in [7, 11) is 1.80. The molecule has 0 aliphatic carbocycles. The molecule has 5 nitrogen and oxygen atoms in total. The maximum atomic E-state index is 11.9. The number of anilines is 1. The number of nitrogens with zero attached hydrogens (tertiary/aromatic N) is 1. The van der Waals surface area contributed by atoms with E-state index in [2.05, 4.69) is 15.6 Å². The van der Waals surface area contributed by atoms with Crippen LogP contribution in [0.25, 0.3) is 0 Å². The lowest BCUT2D eigenvalue weighted by Gasteiger charge is -2.09. The number of ether oxygens (including phenoxy) is 1. The van der Waals surface area contributed by atoms with Crippen LogP contribution in [0.2, 0.25) is 0 Å². The molecule has 1 fully saturated rings. The van der Waals surface area contributed by atoms with Gasteiger partial charge in [0.1, 0.15) is 4.88 Å². The number of nitrogens with one attached hydrogen (secondary N) is 2. The van der Waals surface area contributed by atoms with Gasteiger partial charge in [-0.05, 0) is 19.8 Å². The van der Waals surface area contributed by atoms with Crippen LogP contribution in [0.1, 0.15) is 28.2 Å². The van der Waals surface area contributed by atoms with Crippen molar-refractivity contribution < 1.29 is 9.53 Å². The summed E-state index contributed by atoms with van der Waals surface area (Å²) in [6, 6.07) is 0. The quantitative estimate of drug-likeness (QED) is 0.853. The molecule has 94 valence electrons. The second-order valence-electron chi connectivity index (χ2n) is 4.03. The highest BCUT2D eigenvalue weighted by Crippen LogP contribution is 2.21. The van der Waals surface area contributed by atoms with Gasteiger partial charge in [0.2, 0.25) is 0 Å². The second-order valence-corrected chi connectivity index (χ2v) is 5.03. The third kappa shape index (κ3) is 2.95. The van der Waals surface area contributed by atoms with Gasteiger partial charge in [-0.15, -0.1) is 0 Å². The van der Waals surface area contributed by atoms with E-state index in [4.69, 9.17) is 4.74 Å². The minimum atomic E-state index is -0.0583. The number of rotatable bonds is 4. The number of carbonyl (C=O) groups is 1. The largest absolute Gasteiger partial charge is 0.376 e. The molecule has 1 atom stereocenters. The predicted octanol–water partition coefficient (Wildman–Crippen LogP) is 1.40. The van der Waals surface area contributed by atoms with Crippen molar-refractivity contribution in [1.29, 1.82) is 0 Å². The Morgan fingerprint density at radius 3 is 3.06 bits per heavy atom. The Morgan fingerprint density at radius 2 is 2.47 bits per heavy atom. The number of hydrogen-bond donors (Lipinski definition) is 2. The zero-order valence-corrected chi connectivity index (χ0v) is 10.9. The molecule has 0 radical (unpaired) electrons. The van der Waals surface area contributed by atoms with Crippen molar-refractivity contribution in [3.63, 3.8) is 0 Å². The second kappa shape index (κ2) is 5.46. The summed E-state index contributed by atoms with van der Waals surface area (Å²) in [5.41, 5.74) is 0.768. The number of carbonyl (C=O) groups excluding carboxylic acids is 1. The van der Waals surface area contributed by atoms with Crippen LogP contribution in [0.4, 0.5) is 5.13 Å². The van der Waals surface area contributed by atoms with Gasteiger partial charge in [0.15, 0.2) is 5.13 Å². The summed E-state index contributed by atoms with van der Waals surface area (Å²) in [6.45, 7) is 3.24. The van der Waals surface area contributed by atoms with Crippen molar-refractivity contribution in [2.24, 2.45) is 0 Å². The normalized spacial score (nSPS) is 19.3. The van der Waals surface area contributed by atoms with Gasteiger partial charge in [-0.1, -0.05) is 11.3 Å². The molecule has 2 heterocycles. The SMILES string of the molecule is CNc1nc(C)c(C(=O)NC[C@@H]2CCCO2)s1. The van der Waals surface area contributed by atoms with Crippen molar-refractivity contribution in [2.75, 3.05) is 25.5 Å². The van der Waals surface area contributed by atoms with Crippen LogP contribution in [-0.2, 0) is 4.74 Å². The van der Waals surface area contributed by atoms with Crippen LogP contribution in [0, 0.1) is 6.92 Å². The van der Waals surface area contributed by atoms with E-state index in [1.807, 2.05) is 6.92 Å². The highest BCUT2D eigenvalue weighted by molar-refractivity contribution is 7.17. The topological polar surface area (TPSA) is 63.2 Å². The Morgan fingerprint density at radius 1 is 1.65 bits per heavy atom. The van der Waals surface area contributed by atoms with Crippen LogP contribution in [0.3, 0.4) is 0 Å². The molecule has 17 heavy (non-hydrogen) atoms. The van der Waals surface area contributed by atoms with E-state index in [9.17, 15) is 4.79 Å². The van der Waals surface area contributed by atoms with Gasteiger partial charge >= 0.3 is 0 Å². The summed E-state index contributed by atoms with van der Waals surface area (Å²) in [6.07, 6.45) is 2.30. The van der Waals surface area contributed by atoms with Gasteiger partial charge in [0, 0.05) is 20.2 Å². The monoisotopic (exact) mass is 255 g/mol. The molecule has 0 unspecified atom stereocenters. The van der Waals surface area contributed by atoms with Gasteiger partial charge in [-0.3, -0.25) is 4.79 Å². The molecule has 1 aromatic heterocycles. The molecule has 6 heteroatoms. The minimum absolute atomic E-state index is 0.0583. The van der Waals surface area contributed by atoms with E-state index in [1.54, 1.807) is 7.05 Å². The molecule has 1 aliphatic heterocycles. The molecular weight excluding hydrogens is 238 g/mol. The van der Waals surface area contributed by atoms with Crippen LogP contribution in [-0.4, -0.2) is 37.2 Å². The van der Waals surface area contributed by atoms with Gasteiger partial charge in [0.25, 0.3) is 5.91 Å². The fourth-order valence-electron chi connectivity index (χ4n) is 1.81. The van der Waals surface area contributed by atoms with Crippen molar-refractivity contribution >= 4 is 22.4 Å². The molecule has 1 saturated heterocycles. The fourth-order valence-corrected chi connectivity index (χ4v) is 2.64. The Balaban J connectivity index is 1.91. The smallest absolute Gasteiger partial charge is 0.263 e. The van der Waals surface area contributed by atoms with E-state index in [0.29, 0.717) is 11.4 Å². The summed E-state index contributed by atoms with van der Waals surface area (Å²) < 4.78 is 5.46. The average molecular weight is 255 g/mol. The van der Waals surface area contributed by atoms with Gasteiger partial charge < -0.3 is 15.4 Å². The van der Waals surface area contributed by atoms with E-state index in [-0.39, 0.29) is 12.0 Å². The Labute approximate surface area is 105 Å². The highest BCUT2D eigenvalue weighted by atomic mass is 32.1. The minimum Gasteiger partial charge on any atom is -0.376 e. The predicted molar refractivity (Wildman–Crippen MR) is 67.7 cm³/mol. The first kappa shape index (κ1) is 12.3. The van der Waals surface area contributed by atoms with Crippen molar-refractivity contribution in [1.82, 2.24) is 10.3 Å². The molecule has 1 aliphatic rings. The molecule has 0 spiro atoms. The summed E-state index contributed by atoms with van der Waals surface area (Å²) in [5.74, 6) is -0.0583. The number of aryl methyl sites for hydroxylation is 1. The lowest BCUT2D eigenvalue weighted by molar-refractivity contribution is 0.0860. The third-order valence-electron chi connectivity index (χ3n) is 2.73. The lowest BCUT2D eigenvalue weighted by Crippen LogP contribution is -2.31. The average Bonchev–Trinajstić information content (AvgIpc) is 2.94. The maximum Gasteiger partial charge on any atom is 0.263 e. The Kier molecular flexibility index (Phi) is 3.96. The number of thiazole rings is 1. The standard InChI is InChI=1S/C11H17N3O2S/c1-7-9(17-11(12-2)14-7)10(15)13-6-8-4-3-5-16-8/h8H,3-6H2,1-2H3,(H,12,14)(H,13,15)/t8-/m0/s1. The highest BCUT2D eigenvalue weighted by Gasteiger charge is 2.19. The Bertz CT molecular complexity index is 399. The molecular formula is C11H17N3O2S. The van der Waals surface area contributed by atoms with E-state index in [0.717, 1.165) is 30.3 Å². The maximum absolute atomic E-state index is 11.9. The number of aromatic nitrogens is 1. The van der Waals surface area contributed by atoms with Crippen molar-refractivity contribution in [3.05, 3.63) is 10.6 Å². The molecule has 2 N–H and O–H groups in total. The Hall–Kier alpha value is -1.14. The summed E-state index contributed by atoms with van der Waals surface area (Å²) in [5, 5.41) is 6.61. The molecule has 0 aromatic carbocycles. The van der Waals surface area contributed by atoms with Gasteiger partial charge in [0.05, 0.1) is 11.8 Å². The zero-order valence-electron chi connectivity index (χ0n) is 10.1. The first-order chi connectivity index (χ1) is 8.20. The van der Waals surface area contributed by atoms with Crippen LogP contribution >= 0.6 is 11.3 Å². The van der Waals surface area contributed by atoms with Crippen molar-refractivity contribution in [2.45, 2.75) is 25.9 Å². The molecule has 0 bridgehead atoms. The number of hydrogen-bond acceptors (Lipinski definition) is 5. The van der Waals surface area contributed by atoms with E-state index >= 15 is 0 Å². The van der Waals surface area contributed by atoms with Crippen LogP contribution in [0.15, 0.2) is 0 Å². The zero-order chi connectivity index (χ0) is 12.3. The molecule has 0 saturated carbocycles. The van der Waals surface area contributed by atoms with E-state index < -0.39 is 0 Å². The first-order valence-electron chi connectivity index (χ1n) is 5.75. The van der Waals surface area contributed by atoms with Crippen LogP contribution < -0.4 is 10.6 Å². The molecule has 1 amide bonds. The molecule has 2 rings (SSSR count). The van der Waals surface area contributed by atoms with Crippen molar-refractivity contribution in [3.8, 4) is 0 Å². The van der Waals surface area contributed by atoms with Gasteiger partial charge in [-0.25, -0.2) is 4.98 Å². The first-order valence-corrected chi connectivity index (χ1v) is 6.57.